The Balaban J connectivity index is 0.000000381. The summed E-state index contributed by atoms with van der Waals surface area (Å²) < 4.78 is 31.7. The largest absolute Gasteiger partial charge is 0.493 e. The number of urea groups is 1. The van der Waals surface area contributed by atoms with Gasteiger partial charge in [0.25, 0.3) is 0 Å². The molecule has 0 radical (unpaired) electrons. The molecular weight excluding hydrogens is 670 g/mol. The lowest BCUT2D eigenvalue weighted by molar-refractivity contribution is -0.136. The molecule has 2 amide bonds. The van der Waals surface area contributed by atoms with Gasteiger partial charge in [-0.2, -0.15) is 4.99 Å². The third kappa shape index (κ3) is 11.2. The van der Waals surface area contributed by atoms with Crippen molar-refractivity contribution in [2.75, 3.05) is 54.5 Å². The molecule has 52 heavy (non-hydrogen) atoms. The fourth-order valence-corrected chi connectivity index (χ4v) is 5.34. The van der Waals surface area contributed by atoms with E-state index in [1.54, 1.807) is 42.2 Å². The average Bonchev–Trinajstić information content (AvgIpc) is 3.15. The van der Waals surface area contributed by atoms with Crippen molar-refractivity contribution >= 4 is 29.5 Å². The first-order valence-corrected chi connectivity index (χ1v) is 16.2. The van der Waals surface area contributed by atoms with Gasteiger partial charge in [0.05, 0.1) is 60.5 Å². The molecule has 0 saturated heterocycles. The second-order valence-electron chi connectivity index (χ2n) is 11.2. The molecule has 0 bridgehead atoms. The summed E-state index contributed by atoms with van der Waals surface area (Å²) in [7, 11) is 9.09. The summed E-state index contributed by atoms with van der Waals surface area (Å²) in [5.74, 6) is 1.88. The minimum Gasteiger partial charge on any atom is -0.493 e. The maximum Gasteiger partial charge on any atom is 0.322 e. The summed E-state index contributed by atoms with van der Waals surface area (Å²) >= 11 is 0. The molecule has 4 aromatic rings. The first-order valence-electron chi connectivity index (χ1n) is 16.2. The molecule has 4 rings (SSSR count). The number of ether oxygens (including phenoxy) is 6. The van der Waals surface area contributed by atoms with Crippen LogP contribution in [0.25, 0.3) is 0 Å². The maximum absolute atomic E-state index is 13.3. The molecule has 0 spiro atoms. The van der Waals surface area contributed by atoms with Crippen molar-refractivity contribution in [3.63, 3.8) is 0 Å². The lowest BCUT2D eigenvalue weighted by Gasteiger charge is -2.24. The zero-order chi connectivity index (χ0) is 38.0. The van der Waals surface area contributed by atoms with Crippen LogP contribution >= 0.6 is 0 Å². The number of carbonyl (C=O) groups is 2. The van der Waals surface area contributed by atoms with Gasteiger partial charge in [-0.15, -0.1) is 0 Å². The van der Waals surface area contributed by atoms with Crippen molar-refractivity contribution in [2.24, 2.45) is 4.99 Å². The number of aliphatic imine (C=N–C) groups is 1. The molecule has 0 aliphatic rings. The van der Waals surface area contributed by atoms with Crippen LogP contribution in [0.3, 0.4) is 0 Å². The Bertz CT molecular complexity index is 1800. The van der Waals surface area contributed by atoms with Gasteiger partial charge in [0, 0.05) is 36.9 Å². The number of aryl methyl sites for hydroxylation is 1. The summed E-state index contributed by atoms with van der Waals surface area (Å²) in [4.78, 5) is 39.9. The molecule has 0 aliphatic heterocycles. The van der Waals surface area contributed by atoms with Crippen LogP contribution in [0, 0.1) is 6.92 Å². The number of hydrogen-bond donors (Lipinski definition) is 2. The van der Waals surface area contributed by atoms with Gasteiger partial charge in [0.15, 0.2) is 23.0 Å². The highest BCUT2D eigenvalue weighted by Gasteiger charge is 2.19. The van der Waals surface area contributed by atoms with Crippen molar-refractivity contribution < 1.29 is 47.9 Å². The molecule has 13 nitrogen and oxygen atoms in total. The number of isocyanates is 1. The van der Waals surface area contributed by atoms with Crippen molar-refractivity contribution in [3.8, 4) is 34.5 Å². The van der Waals surface area contributed by atoms with E-state index >= 15 is 0 Å². The summed E-state index contributed by atoms with van der Waals surface area (Å²) in [6.07, 6.45) is 3.07. The third-order valence-electron chi connectivity index (χ3n) is 7.91. The van der Waals surface area contributed by atoms with Gasteiger partial charge < -0.3 is 43.7 Å². The minimum absolute atomic E-state index is 0.0390. The first kappa shape index (κ1) is 40.2. The highest BCUT2D eigenvalue weighted by molar-refractivity contribution is 5.90. The Morgan fingerprint density at radius 1 is 0.731 bits per heavy atom. The Morgan fingerprint density at radius 2 is 1.29 bits per heavy atom. The lowest BCUT2D eigenvalue weighted by Crippen LogP contribution is -2.35. The summed E-state index contributed by atoms with van der Waals surface area (Å²) in [5, 5.41) is 11.9. The topological polar surface area (TPSA) is 154 Å². The number of anilines is 1. The van der Waals surface area contributed by atoms with E-state index in [9.17, 15) is 14.4 Å². The van der Waals surface area contributed by atoms with E-state index in [4.69, 9.17) is 33.5 Å². The zero-order valence-electron chi connectivity index (χ0n) is 30.5. The number of benzene rings is 4. The number of nitrogens with zero attached hydrogens (tertiary/aromatic N) is 2. The fourth-order valence-electron chi connectivity index (χ4n) is 5.34. The van der Waals surface area contributed by atoms with E-state index in [0.29, 0.717) is 70.1 Å². The molecule has 0 heterocycles. The SMILES string of the molecule is COc1cc(N=C=O)c(C)c(OC)c1OC.COc1cc(NC(=O)N(CCCc2ccccc2)Cc2ccc(CC(=O)O)cc2)cc(OC)c1OC. The van der Waals surface area contributed by atoms with Gasteiger partial charge in [-0.3, -0.25) is 4.79 Å². The molecule has 13 heteroatoms. The van der Waals surface area contributed by atoms with Crippen LogP contribution in [0.15, 0.2) is 77.8 Å². The Hall–Kier alpha value is -6.20. The van der Waals surface area contributed by atoms with E-state index in [2.05, 4.69) is 22.4 Å². The molecule has 2 N–H and O–H groups in total. The Labute approximate surface area is 303 Å². The number of carboxylic acids is 1. The zero-order valence-corrected chi connectivity index (χ0v) is 30.5. The van der Waals surface area contributed by atoms with E-state index in [0.717, 1.165) is 18.4 Å². The van der Waals surface area contributed by atoms with E-state index in [1.165, 1.54) is 54.3 Å². The smallest absolute Gasteiger partial charge is 0.322 e. The molecule has 4 aromatic carbocycles. The van der Waals surface area contributed by atoms with Gasteiger partial charge in [-0.05, 0) is 36.5 Å². The van der Waals surface area contributed by atoms with Gasteiger partial charge in [-0.25, -0.2) is 9.59 Å². The van der Waals surface area contributed by atoms with Crippen LogP contribution in [-0.2, 0) is 29.0 Å². The molecule has 0 aliphatic carbocycles. The van der Waals surface area contributed by atoms with Crippen molar-refractivity contribution in [1.82, 2.24) is 4.90 Å². The van der Waals surface area contributed by atoms with Gasteiger partial charge in [-0.1, -0.05) is 54.6 Å². The van der Waals surface area contributed by atoms with Gasteiger partial charge in [0.2, 0.25) is 17.6 Å². The van der Waals surface area contributed by atoms with E-state index in [-0.39, 0.29) is 12.5 Å². The third-order valence-corrected chi connectivity index (χ3v) is 7.91. The summed E-state index contributed by atoms with van der Waals surface area (Å²) in [6, 6.07) is 22.1. The van der Waals surface area contributed by atoms with Crippen molar-refractivity contribution in [3.05, 3.63) is 95.1 Å². The number of hydrogen-bond acceptors (Lipinski definition) is 10. The number of amides is 2. The number of rotatable bonds is 16. The van der Waals surface area contributed by atoms with Gasteiger partial charge in [0.1, 0.15) is 0 Å². The molecule has 0 fully saturated rings. The number of carboxylic acid groups (broad SMARTS) is 1. The van der Waals surface area contributed by atoms with E-state index in [1.807, 2.05) is 30.3 Å². The van der Waals surface area contributed by atoms with Crippen LogP contribution in [0.2, 0.25) is 0 Å². The number of methoxy groups -OCH3 is 6. The monoisotopic (exact) mass is 715 g/mol. The standard InChI is InChI=1S/C28H32N2O6.C11H13NO4/c1-34-24-17-23(18-25(35-2)27(24)36-3)29-28(33)30(15-7-10-20-8-5-4-6-9-20)19-22-13-11-21(12-14-22)16-26(31)32;1-7-8(12-6-13)5-9(14-2)11(16-4)10(7)15-3/h4-6,8-9,11-14,17-18H,7,10,15-16,19H2,1-3H3,(H,29,33)(H,31,32);5H,1-4H3. The Kier molecular flexibility index (Phi) is 15.8. The molecule has 0 unspecified atom stereocenters. The molecule has 0 saturated carbocycles. The lowest BCUT2D eigenvalue weighted by atomic mass is 10.1. The maximum atomic E-state index is 13.3. The minimum atomic E-state index is -0.880. The highest BCUT2D eigenvalue weighted by Crippen LogP contribution is 2.44. The predicted molar refractivity (Wildman–Crippen MR) is 197 cm³/mol. The molecule has 0 atom stereocenters. The van der Waals surface area contributed by atoms with Crippen LogP contribution in [0.4, 0.5) is 16.2 Å². The van der Waals surface area contributed by atoms with Crippen LogP contribution in [0.1, 0.15) is 28.7 Å². The molecule has 276 valence electrons. The highest BCUT2D eigenvalue weighted by atomic mass is 16.5. The van der Waals surface area contributed by atoms with Crippen molar-refractivity contribution in [2.45, 2.75) is 32.7 Å². The Morgan fingerprint density at radius 3 is 1.81 bits per heavy atom. The van der Waals surface area contributed by atoms with E-state index < -0.39 is 5.97 Å². The number of carbonyl (C=O) groups excluding carboxylic acids is 2. The number of aliphatic carboxylic acids is 1. The summed E-state index contributed by atoms with van der Waals surface area (Å²) in [6.45, 7) is 2.68. The van der Waals surface area contributed by atoms with Crippen LogP contribution in [0.5, 0.6) is 34.5 Å². The van der Waals surface area contributed by atoms with Crippen molar-refractivity contribution in [1.29, 1.82) is 0 Å². The second kappa shape index (κ2) is 20.5. The number of nitrogens with one attached hydrogen (secondary N) is 1. The van der Waals surface area contributed by atoms with Crippen LogP contribution < -0.4 is 33.7 Å². The average molecular weight is 716 g/mol. The van der Waals surface area contributed by atoms with Gasteiger partial charge >= 0.3 is 12.0 Å². The predicted octanol–water partition coefficient (Wildman–Crippen LogP) is 6.99. The molecule has 0 aromatic heterocycles. The van der Waals surface area contributed by atoms with Crippen LogP contribution in [-0.4, -0.2) is 77.3 Å². The summed E-state index contributed by atoms with van der Waals surface area (Å²) in [5.41, 5.74) is 4.49. The fraction of sp³-hybridized carbons (Fsp3) is 0.308. The first-order chi connectivity index (χ1) is 25.1. The normalized spacial score (nSPS) is 10.1. The molecular formula is C39H45N3O10. The second-order valence-corrected chi connectivity index (χ2v) is 11.2. The quantitative estimate of drug-likeness (QED) is 0.0916.